The zero-order valence-electron chi connectivity index (χ0n) is 13.3. The number of aliphatic hydroxyl groups excluding tert-OH is 1. The Hall–Kier alpha value is -2.21. The zero-order valence-corrected chi connectivity index (χ0v) is 13.3. The van der Waals surface area contributed by atoms with E-state index in [1.807, 2.05) is 30.3 Å². The van der Waals surface area contributed by atoms with Gasteiger partial charge in [-0.05, 0) is 12.0 Å². The van der Waals surface area contributed by atoms with Crippen molar-refractivity contribution >= 4 is 17.7 Å². The van der Waals surface area contributed by atoms with Gasteiger partial charge in [0, 0.05) is 39.5 Å². The minimum absolute atomic E-state index is 0.0275. The highest BCUT2D eigenvalue weighted by atomic mass is 16.3. The quantitative estimate of drug-likeness (QED) is 0.764. The van der Waals surface area contributed by atoms with Crippen LogP contribution in [-0.2, 0) is 14.4 Å². The van der Waals surface area contributed by atoms with Crippen LogP contribution in [0.4, 0.5) is 0 Å². The number of benzene rings is 1. The second kappa shape index (κ2) is 7.87. The van der Waals surface area contributed by atoms with Gasteiger partial charge in [-0.2, -0.15) is 0 Å². The topological polar surface area (TPSA) is 77.9 Å². The number of imide groups is 1. The molecule has 2 rings (SSSR count). The number of hydrogen-bond acceptors (Lipinski definition) is 4. The molecule has 6 heteroatoms. The summed E-state index contributed by atoms with van der Waals surface area (Å²) >= 11 is 0. The Morgan fingerprint density at radius 3 is 2.39 bits per heavy atom. The molecule has 1 heterocycles. The number of amides is 3. The van der Waals surface area contributed by atoms with Gasteiger partial charge in [0.05, 0.1) is 6.04 Å². The van der Waals surface area contributed by atoms with E-state index in [4.69, 9.17) is 0 Å². The van der Waals surface area contributed by atoms with E-state index in [1.54, 1.807) is 11.9 Å². The van der Waals surface area contributed by atoms with Crippen LogP contribution in [0, 0.1) is 0 Å². The first-order valence-corrected chi connectivity index (χ1v) is 7.79. The molecule has 0 unspecified atom stereocenters. The maximum Gasteiger partial charge on any atom is 0.229 e. The number of nitrogens with zero attached hydrogens (tertiary/aromatic N) is 2. The zero-order chi connectivity index (χ0) is 16.8. The molecule has 1 atom stereocenters. The largest absolute Gasteiger partial charge is 0.396 e. The predicted molar refractivity (Wildman–Crippen MR) is 84.2 cm³/mol. The molecule has 6 nitrogen and oxygen atoms in total. The van der Waals surface area contributed by atoms with E-state index in [1.165, 1.54) is 0 Å². The molecule has 1 aliphatic heterocycles. The highest BCUT2D eigenvalue weighted by molar-refractivity contribution is 6.02. The molecule has 3 amide bonds. The Morgan fingerprint density at radius 2 is 1.83 bits per heavy atom. The van der Waals surface area contributed by atoms with E-state index >= 15 is 0 Å². The van der Waals surface area contributed by atoms with Gasteiger partial charge in [0.25, 0.3) is 0 Å². The van der Waals surface area contributed by atoms with Gasteiger partial charge < -0.3 is 10.0 Å². The van der Waals surface area contributed by atoms with Gasteiger partial charge in [0.15, 0.2) is 0 Å². The van der Waals surface area contributed by atoms with E-state index in [9.17, 15) is 19.5 Å². The average molecular weight is 318 g/mol. The average Bonchev–Trinajstić information content (AvgIpc) is 2.89. The van der Waals surface area contributed by atoms with Crippen LogP contribution < -0.4 is 0 Å². The fourth-order valence-electron chi connectivity index (χ4n) is 2.81. The molecule has 23 heavy (non-hydrogen) atoms. The molecule has 1 aromatic carbocycles. The third kappa shape index (κ3) is 4.16. The van der Waals surface area contributed by atoms with Gasteiger partial charge in [-0.25, -0.2) is 0 Å². The van der Waals surface area contributed by atoms with E-state index in [-0.39, 0.29) is 56.2 Å². The standard InChI is InChI=1S/C17H22N2O4/c1-18(14(10-12-20)13-5-3-2-4-6-13)15(21)9-11-19-16(22)7-8-17(19)23/h2-6,14,20H,7-12H2,1H3/t14-/m1/s1. The molecule has 0 radical (unpaired) electrons. The van der Waals surface area contributed by atoms with E-state index < -0.39 is 0 Å². The minimum Gasteiger partial charge on any atom is -0.396 e. The van der Waals surface area contributed by atoms with Crippen molar-refractivity contribution in [3.05, 3.63) is 35.9 Å². The highest BCUT2D eigenvalue weighted by Gasteiger charge is 2.30. The first kappa shape index (κ1) is 17.1. The molecule has 1 aromatic rings. The molecular formula is C17H22N2O4. The number of carbonyl (C=O) groups is 3. The van der Waals surface area contributed by atoms with Gasteiger partial charge in [0.1, 0.15) is 0 Å². The number of likely N-dealkylation sites (tertiary alicyclic amines) is 1. The smallest absolute Gasteiger partial charge is 0.229 e. The summed E-state index contributed by atoms with van der Waals surface area (Å²) in [7, 11) is 1.68. The fourth-order valence-corrected chi connectivity index (χ4v) is 2.81. The molecular weight excluding hydrogens is 296 g/mol. The molecule has 0 aromatic heterocycles. The van der Waals surface area contributed by atoms with Crippen LogP contribution in [0.2, 0.25) is 0 Å². The third-order valence-electron chi connectivity index (χ3n) is 4.15. The molecule has 0 spiro atoms. The lowest BCUT2D eigenvalue weighted by atomic mass is 10.0. The second-order valence-electron chi connectivity index (χ2n) is 5.63. The summed E-state index contributed by atoms with van der Waals surface area (Å²) in [6.07, 6.45) is 1.01. The van der Waals surface area contributed by atoms with Gasteiger partial charge in [-0.15, -0.1) is 0 Å². The van der Waals surface area contributed by atoms with Crippen LogP contribution in [0.3, 0.4) is 0 Å². The Balaban J connectivity index is 1.99. The monoisotopic (exact) mass is 318 g/mol. The first-order chi connectivity index (χ1) is 11.0. The summed E-state index contributed by atoms with van der Waals surface area (Å²) in [5.41, 5.74) is 0.950. The van der Waals surface area contributed by atoms with Crippen LogP contribution in [-0.4, -0.2) is 52.8 Å². The molecule has 0 aliphatic carbocycles. The Kier molecular flexibility index (Phi) is 5.87. The lowest BCUT2D eigenvalue weighted by molar-refractivity contribution is -0.139. The van der Waals surface area contributed by atoms with Crippen molar-refractivity contribution in [3.63, 3.8) is 0 Å². The first-order valence-electron chi connectivity index (χ1n) is 7.79. The third-order valence-corrected chi connectivity index (χ3v) is 4.15. The summed E-state index contributed by atoms with van der Waals surface area (Å²) in [6.45, 7) is 0.0990. The normalized spacial score (nSPS) is 15.8. The van der Waals surface area contributed by atoms with Crippen molar-refractivity contribution in [2.45, 2.75) is 31.7 Å². The number of rotatable bonds is 7. The Labute approximate surface area is 135 Å². The van der Waals surface area contributed by atoms with Crippen LogP contribution in [0.25, 0.3) is 0 Å². The summed E-state index contributed by atoms with van der Waals surface area (Å²) in [4.78, 5) is 38.3. The van der Waals surface area contributed by atoms with Crippen molar-refractivity contribution in [2.75, 3.05) is 20.2 Å². The Morgan fingerprint density at radius 1 is 1.22 bits per heavy atom. The maximum atomic E-state index is 12.4. The lowest BCUT2D eigenvalue weighted by Gasteiger charge is -2.29. The number of carbonyl (C=O) groups excluding carboxylic acids is 3. The van der Waals surface area contributed by atoms with E-state index in [0.717, 1.165) is 10.5 Å². The van der Waals surface area contributed by atoms with Crippen molar-refractivity contribution in [1.82, 2.24) is 9.80 Å². The molecule has 124 valence electrons. The summed E-state index contributed by atoms with van der Waals surface area (Å²) in [6, 6.07) is 9.28. The van der Waals surface area contributed by atoms with Gasteiger partial charge in [-0.3, -0.25) is 19.3 Å². The second-order valence-corrected chi connectivity index (χ2v) is 5.63. The van der Waals surface area contributed by atoms with Gasteiger partial charge in [0.2, 0.25) is 17.7 Å². The molecule has 1 fully saturated rings. The Bertz CT molecular complexity index is 557. The van der Waals surface area contributed by atoms with Gasteiger partial charge in [-0.1, -0.05) is 30.3 Å². The lowest BCUT2D eigenvalue weighted by Crippen LogP contribution is -2.36. The summed E-state index contributed by atoms with van der Waals surface area (Å²) in [5, 5.41) is 9.27. The minimum atomic E-state index is -0.223. The maximum absolute atomic E-state index is 12.4. The summed E-state index contributed by atoms with van der Waals surface area (Å²) < 4.78 is 0. The van der Waals surface area contributed by atoms with Crippen molar-refractivity contribution < 1.29 is 19.5 Å². The van der Waals surface area contributed by atoms with Gasteiger partial charge >= 0.3 is 0 Å². The van der Waals surface area contributed by atoms with Crippen LogP contribution in [0.15, 0.2) is 30.3 Å². The molecule has 0 bridgehead atoms. The van der Waals surface area contributed by atoms with Crippen LogP contribution in [0.5, 0.6) is 0 Å². The SMILES string of the molecule is CN(C(=O)CCN1C(=O)CCC1=O)[C@H](CCO)c1ccccc1. The van der Waals surface area contributed by atoms with E-state index in [0.29, 0.717) is 6.42 Å². The molecule has 1 saturated heterocycles. The van der Waals surface area contributed by atoms with Crippen LogP contribution in [0.1, 0.15) is 37.3 Å². The fraction of sp³-hybridized carbons (Fsp3) is 0.471. The summed E-state index contributed by atoms with van der Waals surface area (Å²) in [5.74, 6) is -0.569. The van der Waals surface area contributed by atoms with Crippen molar-refractivity contribution in [3.8, 4) is 0 Å². The molecule has 1 aliphatic rings. The van der Waals surface area contributed by atoms with Crippen LogP contribution >= 0.6 is 0 Å². The predicted octanol–water partition coefficient (Wildman–Crippen LogP) is 1.11. The molecule has 0 saturated carbocycles. The van der Waals surface area contributed by atoms with Crippen molar-refractivity contribution in [1.29, 1.82) is 0 Å². The number of aliphatic hydroxyl groups is 1. The van der Waals surface area contributed by atoms with Crippen molar-refractivity contribution in [2.24, 2.45) is 0 Å². The number of hydrogen-bond donors (Lipinski definition) is 1. The molecule has 1 N–H and O–H groups in total. The van der Waals surface area contributed by atoms with E-state index in [2.05, 4.69) is 0 Å². The highest BCUT2D eigenvalue weighted by Crippen LogP contribution is 2.23.